The van der Waals surface area contributed by atoms with Gasteiger partial charge in [0.1, 0.15) is 0 Å². The van der Waals surface area contributed by atoms with Crippen molar-refractivity contribution in [1.29, 1.82) is 0 Å². The number of rotatable bonds is 2. The zero-order valence-corrected chi connectivity index (χ0v) is 8.06. The molecule has 6 nitrogen and oxygen atoms in total. The highest BCUT2D eigenvalue weighted by Gasteiger charge is 2.07. The van der Waals surface area contributed by atoms with Gasteiger partial charge in [-0.05, 0) is 6.92 Å². The summed E-state index contributed by atoms with van der Waals surface area (Å²) < 4.78 is 0. The van der Waals surface area contributed by atoms with Crippen molar-refractivity contribution in [3.8, 4) is 0 Å². The first-order valence-electron chi connectivity index (χ1n) is 3.67. The maximum Gasteiger partial charge on any atom is 0.338 e. The summed E-state index contributed by atoms with van der Waals surface area (Å²) in [5.74, 6) is 5.22. The number of hydrogen-bond donors (Lipinski definition) is 2. The molecule has 0 unspecified atom stereocenters. The van der Waals surface area contributed by atoms with Crippen LogP contribution < -0.4 is 11.6 Å². The zero-order valence-electron chi connectivity index (χ0n) is 8.06. The van der Waals surface area contributed by atoms with E-state index in [1.807, 2.05) is 0 Å². The maximum atomic E-state index is 11.1. The molecular formula is C7H15N5O. The van der Waals surface area contributed by atoms with Gasteiger partial charge in [0.25, 0.3) is 0 Å². The van der Waals surface area contributed by atoms with E-state index < -0.39 is 0 Å². The largest absolute Gasteiger partial charge is 0.403 e. The van der Waals surface area contributed by atoms with Crippen LogP contribution in [0.15, 0.2) is 16.9 Å². The fraction of sp³-hybridized carbons (Fsp3) is 0.429. The average Bonchev–Trinajstić information content (AvgIpc) is 2.11. The number of nitrogens with zero attached hydrogens (tertiary/aromatic N) is 3. The van der Waals surface area contributed by atoms with Crippen molar-refractivity contribution in [3.05, 3.63) is 11.9 Å². The molecule has 0 bridgehead atoms. The molecule has 0 heterocycles. The second-order valence-corrected chi connectivity index (χ2v) is 2.56. The molecule has 6 heteroatoms. The van der Waals surface area contributed by atoms with Crippen molar-refractivity contribution < 1.29 is 4.79 Å². The van der Waals surface area contributed by atoms with Crippen LogP contribution in [0.2, 0.25) is 0 Å². The van der Waals surface area contributed by atoms with Gasteiger partial charge in [0.05, 0.1) is 12.0 Å². The molecule has 0 fully saturated rings. The second kappa shape index (κ2) is 5.15. The SMILES string of the molecule is CC(=C\N)/N=C\N(C)C(=O)N(C)N. The fourth-order valence-electron chi connectivity index (χ4n) is 0.519. The summed E-state index contributed by atoms with van der Waals surface area (Å²) in [4.78, 5) is 16.3. The van der Waals surface area contributed by atoms with Crippen molar-refractivity contribution in [3.63, 3.8) is 0 Å². The third-order valence-corrected chi connectivity index (χ3v) is 1.28. The van der Waals surface area contributed by atoms with Gasteiger partial charge in [0.15, 0.2) is 0 Å². The Balaban J connectivity index is 4.23. The summed E-state index contributed by atoms with van der Waals surface area (Å²) >= 11 is 0. The maximum absolute atomic E-state index is 11.1. The number of allylic oxidation sites excluding steroid dienone is 1. The van der Waals surface area contributed by atoms with Crippen molar-refractivity contribution in [2.24, 2.45) is 16.6 Å². The van der Waals surface area contributed by atoms with Gasteiger partial charge in [-0.2, -0.15) is 0 Å². The lowest BCUT2D eigenvalue weighted by Gasteiger charge is -2.16. The van der Waals surface area contributed by atoms with Crippen LogP contribution >= 0.6 is 0 Å². The molecule has 0 aromatic heterocycles. The number of hydrazine groups is 1. The van der Waals surface area contributed by atoms with Crippen LogP contribution in [-0.4, -0.2) is 36.4 Å². The molecule has 0 radical (unpaired) electrons. The summed E-state index contributed by atoms with van der Waals surface area (Å²) in [7, 11) is 3.01. The van der Waals surface area contributed by atoms with Crippen LogP contribution in [0.25, 0.3) is 0 Å². The molecule has 4 N–H and O–H groups in total. The van der Waals surface area contributed by atoms with E-state index in [0.29, 0.717) is 5.70 Å². The monoisotopic (exact) mass is 185 g/mol. The molecule has 0 saturated heterocycles. The fourth-order valence-corrected chi connectivity index (χ4v) is 0.519. The zero-order chi connectivity index (χ0) is 10.4. The van der Waals surface area contributed by atoms with Gasteiger partial charge in [0, 0.05) is 20.3 Å². The minimum atomic E-state index is -0.353. The topological polar surface area (TPSA) is 88.0 Å². The highest BCUT2D eigenvalue weighted by Crippen LogP contribution is 1.91. The van der Waals surface area contributed by atoms with Gasteiger partial charge >= 0.3 is 6.03 Å². The van der Waals surface area contributed by atoms with Gasteiger partial charge in [-0.3, -0.25) is 9.91 Å². The molecule has 74 valence electrons. The number of nitrogens with two attached hydrogens (primary N) is 2. The molecule has 2 amide bonds. The highest BCUT2D eigenvalue weighted by molar-refractivity contribution is 5.85. The first kappa shape index (κ1) is 11.4. The lowest BCUT2D eigenvalue weighted by atomic mass is 10.6. The van der Waals surface area contributed by atoms with E-state index in [0.717, 1.165) is 5.01 Å². The normalized spacial score (nSPS) is 11.8. The molecule has 0 rings (SSSR count). The van der Waals surface area contributed by atoms with Crippen molar-refractivity contribution in [1.82, 2.24) is 9.91 Å². The number of urea groups is 1. The lowest BCUT2D eigenvalue weighted by molar-refractivity contribution is 0.194. The van der Waals surface area contributed by atoms with Gasteiger partial charge in [-0.1, -0.05) is 0 Å². The average molecular weight is 185 g/mol. The highest BCUT2D eigenvalue weighted by atomic mass is 16.2. The van der Waals surface area contributed by atoms with Gasteiger partial charge < -0.3 is 5.73 Å². The van der Waals surface area contributed by atoms with Crippen molar-refractivity contribution in [2.75, 3.05) is 14.1 Å². The van der Waals surface area contributed by atoms with Gasteiger partial charge in [-0.15, -0.1) is 0 Å². The van der Waals surface area contributed by atoms with E-state index >= 15 is 0 Å². The Hall–Kier alpha value is -1.56. The van der Waals surface area contributed by atoms with Crippen LogP contribution in [0.5, 0.6) is 0 Å². The number of hydrogen-bond acceptors (Lipinski definition) is 4. The third kappa shape index (κ3) is 4.12. The molecular weight excluding hydrogens is 170 g/mol. The Labute approximate surface area is 77.5 Å². The van der Waals surface area contributed by atoms with E-state index in [2.05, 4.69) is 4.99 Å². The number of amides is 2. The minimum absolute atomic E-state index is 0.353. The summed E-state index contributed by atoms with van der Waals surface area (Å²) in [5, 5.41) is 0.966. The lowest BCUT2D eigenvalue weighted by Crippen LogP contribution is -2.42. The number of aliphatic imine (C=N–C) groups is 1. The Bertz CT molecular complexity index is 233. The van der Waals surface area contributed by atoms with E-state index in [-0.39, 0.29) is 6.03 Å². The number of carbonyl (C=O) groups is 1. The van der Waals surface area contributed by atoms with Crippen LogP contribution in [0.4, 0.5) is 4.79 Å². The first-order valence-corrected chi connectivity index (χ1v) is 3.67. The molecule has 0 aliphatic heterocycles. The van der Waals surface area contributed by atoms with Crippen LogP contribution in [0.3, 0.4) is 0 Å². The Morgan fingerprint density at radius 2 is 2.00 bits per heavy atom. The predicted molar refractivity (Wildman–Crippen MR) is 51.5 cm³/mol. The van der Waals surface area contributed by atoms with E-state index in [1.54, 1.807) is 14.0 Å². The summed E-state index contributed by atoms with van der Waals surface area (Å²) in [6, 6.07) is -0.353. The smallest absolute Gasteiger partial charge is 0.338 e. The van der Waals surface area contributed by atoms with Crippen LogP contribution in [0.1, 0.15) is 6.92 Å². The second-order valence-electron chi connectivity index (χ2n) is 2.56. The number of carbonyl (C=O) groups excluding carboxylic acids is 1. The molecule has 0 spiro atoms. The minimum Gasteiger partial charge on any atom is -0.403 e. The van der Waals surface area contributed by atoms with Crippen LogP contribution in [0, 0.1) is 0 Å². The third-order valence-electron chi connectivity index (χ3n) is 1.28. The van der Waals surface area contributed by atoms with Crippen molar-refractivity contribution >= 4 is 12.4 Å². The Morgan fingerprint density at radius 3 is 2.38 bits per heavy atom. The van der Waals surface area contributed by atoms with Crippen LogP contribution in [-0.2, 0) is 0 Å². The molecule has 0 aromatic carbocycles. The molecule has 0 saturated carbocycles. The molecule has 0 atom stereocenters. The summed E-state index contributed by atoms with van der Waals surface area (Å²) in [5.41, 5.74) is 5.80. The van der Waals surface area contributed by atoms with E-state index in [9.17, 15) is 4.79 Å². The molecule has 13 heavy (non-hydrogen) atoms. The van der Waals surface area contributed by atoms with Gasteiger partial charge in [-0.25, -0.2) is 15.6 Å². The summed E-state index contributed by atoms with van der Waals surface area (Å²) in [6.07, 6.45) is 2.70. The summed E-state index contributed by atoms with van der Waals surface area (Å²) in [6.45, 7) is 1.72. The quantitative estimate of drug-likeness (QED) is 0.203. The molecule has 0 aliphatic carbocycles. The standard InChI is InChI=1S/C7H15N5O/c1-6(4-8)10-5-11(2)7(13)12(3)9/h4-5H,8-9H2,1-3H3/b6-4+,10-5-. The predicted octanol–water partition coefficient (Wildman–Crippen LogP) is -0.308. The van der Waals surface area contributed by atoms with Gasteiger partial charge in [0.2, 0.25) is 0 Å². The van der Waals surface area contributed by atoms with E-state index in [1.165, 1.54) is 24.5 Å². The van der Waals surface area contributed by atoms with E-state index in [4.69, 9.17) is 11.6 Å². The Morgan fingerprint density at radius 1 is 1.46 bits per heavy atom. The molecule has 0 aromatic rings. The van der Waals surface area contributed by atoms with Crippen molar-refractivity contribution in [2.45, 2.75) is 6.92 Å². The first-order chi connectivity index (χ1) is 5.99. The Kier molecular flexibility index (Phi) is 4.53. The molecule has 0 aliphatic rings.